The minimum atomic E-state index is -1.42. The summed E-state index contributed by atoms with van der Waals surface area (Å²) in [5, 5.41) is 11.5. The molecule has 0 amide bonds. The van der Waals surface area contributed by atoms with E-state index in [1.54, 1.807) is 37.3 Å². The largest absolute Gasteiger partial charge is 0.468 e. The fourth-order valence-corrected chi connectivity index (χ4v) is 3.42. The standard InChI is InChI=1S/C22H23NO9/c1-3-29-22(25)20(21(24)14-4-7-16(8-5-14)30-12-28-2)17(11-23(26)27)15-6-9-18-19(10-15)32-13-31-18/h4-10,17,20H,3,11-13H2,1-2H3. The molecule has 1 aliphatic heterocycles. The van der Waals surface area contributed by atoms with E-state index in [2.05, 4.69) is 0 Å². The summed E-state index contributed by atoms with van der Waals surface area (Å²) in [7, 11) is 1.48. The van der Waals surface area contributed by atoms with Gasteiger partial charge >= 0.3 is 5.97 Å². The Morgan fingerprint density at radius 3 is 2.50 bits per heavy atom. The summed E-state index contributed by atoms with van der Waals surface area (Å²) in [6, 6.07) is 10.8. The van der Waals surface area contributed by atoms with Gasteiger partial charge in [-0.1, -0.05) is 6.07 Å². The smallest absolute Gasteiger partial charge is 0.317 e. The molecule has 10 heteroatoms. The van der Waals surface area contributed by atoms with Gasteiger partial charge < -0.3 is 23.7 Å². The lowest BCUT2D eigenvalue weighted by atomic mass is 9.81. The summed E-state index contributed by atoms with van der Waals surface area (Å²) in [5.41, 5.74) is 0.597. The van der Waals surface area contributed by atoms with Crippen LogP contribution in [-0.4, -0.2) is 50.5 Å². The van der Waals surface area contributed by atoms with Crippen LogP contribution in [0.2, 0.25) is 0 Å². The molecule has 0 fully saturated rings. The van der Waals surface area contributed by atoms with Crippen LogP contribution in [0.3, 0.4) is 0 Å². The topological polar surface area (TPSA) is 123 Å². The van der Waals surface area contributed by atoms with Crippen LogP contribution in [0.1, 0.15) is 28.8 Å². The molecule has 0 bridgehead atoms. The number of benzene rings is 2. The molecule has 0 N–H and O–H groups in total. The van der Waals surface area contributed by atoms with Crippen molar-refractivity contribution in [2.75, 3.05) is 33.8 Å². The van der Waals surface area contributed by atoms with Crippen molar-refractivity contribution in [2.45, 2.75) is 12.8 Å². The Kier molecular flexibility index (Phi) is 7.61. The molecule has 0 saturated carbocycles. The minimum Gasteiger partial charge on any atom is -0.468 e. The molecule has 32 heavy (non-hydrogen) atoms. The van der Waals surface area contributed by atoms with Gasteiger partial charge in [-0.2, -0.15) is 0 Å². The first-order valence-electron chi connectivity index (χ1n) is 9.88. The summed E-state index contributed by atoms with van der Waals surface area (Å²) >= 11 is 0. The number of hydrogen-bond acceptors (Lipinski definition) is 9. The lowest BCUT2D eigenvalue weighted by molar-refractivity contribution is -0.484. The first-order valence-corrected chi connectivity index (χ1v) is 9.88. The van der Waals surface area contributed by atoms with Crippen LogP contribution in [-0.2, 0) is 14.3 Å². The quantitative estimate of drug-likeness (QED) is 0.128. The fraction of sp³-hybridized carbons (Fsp3) is 0.364. The van der Waals surface area contributed by atoms with Crippen molar-refractivity contribution >= 4 is 11.8 Å². The lowest BCUT2D eigenvalue weighted by Gasteiger charge is -2.22. The van der Waals surface area contributed by atoms with Gasteiger partial charge in [0, 0.05) is 17.6 Å². The van der Waals surface area contributed by atoms with E-state index in [0.29, 0.717) is 22.8 Å². The number of hydrogen-bond donors (Lipinski definition) is 0. The summed E-state index contributed by atoms with van der Waals surface area (Å²) in [5.74, 6) is -2.58. The predicted octanol–water partition coefficient (Wildman–Crippen LogP) is 2.82. The average molecular weight is 445 g/mol. The predicted molar refractivity (Wildman–Crippen MR) is 111 cm³/mol. The molecule has 1 aliphatic rings. The highest BCUT2D eigenvalue weighted by Gasteiger charge is 2.41. The van der Waals surface area contributed by atoms with Gasteiger partial charge in [-0.25, -0.2) is 0 Å². The number of carbonyl (C=O) groups is 2. The minimum absolute atomic E-state index is 0.0242. The fourth-order valence-electron chi connectivity index (χ4n) is 3.42. The number of rotatable bonds is 11. The molecule has 2 aromatic rings. The molecule has 2 atom stereocenters. The van der Waals surface area contributed by atoms with Crippen molar-refractivity contribution < 1.29 is 38.2 Å². The van der Waals surface area contributed by atoms with Crippen molar-refractivity contribution in [3.63, 3.8) is 0 Å². The number of methoxy groups -OCH3 is 1. The Hall–Kier alpha value is -3.66. The summed E-state index contributed by atoms with van der Waals surface area (Å²) in [4.78, 5) is 37.1. The molecular weight excluding hydrogens is 422 g/mol. The number of ketones is 1. The van der Waals surface area contributed by atoms with Crippen molar-refractivity contribution in [1.82, 2.24) is 0 Å². The van der Waals surface area contributed by atoms with Crippen LogP contribution in [0, 0.1) is 16.0 Å². The first kappa shape index (κ1) is 23.0. The van der Waals surface area contributed by atoms with E-state index in [-0.39, 0.29) is 25.8 Å². The number of nitrogens with zero attached hydrogens (tertiary/aromatic N) is 1. The maximum atomic E-state index is 13.4. The van der Waals surface area contributed by atoms with Crippen LogP contribution < -0.4 is 14.2 Å². The Morgan fingerprint density at radius 2 is 1.84 bits per heavy atom. The van der Waals surface area contributed by atoms with E-state index in [4.69, 9.17) is 23.7 Å². The number of Topliss-reactive ketones (excluding diaryl/α,β-unsaturated/α-hetero) is 1. The second-order valence-electron chi connectivity index (χ2n) is 6.90. The third-order valence-electron chi connectivity index (χ3n) is 4.88. The zero-order chi connectivity index (χ0) is 23.1. The average Bonchev–Trinajstić information content (AvgIpc) is 3.25. The van der Waals surface area contributed by atoms with Crippen molar-refractivity contribution in [2.24, 2.45) is 5.92 Å². The molecular formula is C22H23NO9. The maximum Gasteiger partial charge on any atom is 0.317 e. The zero-order valence-corrected chi connectivity index (χ0v) is 17.6. The van der Waals surface area contributed by atoms with Gasteiger partial charge in [0.05, 0.1) is 12.5 Å². The molecule has 0 aromatic heterocycles. The van der Waals surface area contributed by atoms with E-state index in [0.717, 1.165) is 0 Å². The van der Waals surface area contributed by atoms with Crippen molar-refractivity contribution in [1.29, 1.82) is 0 Å². The van der Waals surface area contributed by atoms with E-state index >= 15 is 0 Å². The SMILES string of the molecule is CCOC(=O)C(C(=O)c1ccc(OCOC)cc1)C(C[N+](=O)[O-])c1ccc2c(c1)OCO2. The second-order valence-corrected chi connectivity index (χ2v) is 6.90. The second kappa shape index (κ2) is 10.6. The lowest BCUT2D eigenvalue weighted by Crippen LogP contribution is -2.35. The Balaban J connectivity index is 1.97. The van der Waals surface area contributed by atoms with Gasteiger partial charge in [-0.05, 0) is 48.9 Å². The van der Waals surface area contributed by atoms with Gasteiger partial charge in [-0.3, -0.25) is 19.7 Å². The molecule has 2 unspecified atom stereocenters. The number of carbonyl (C=O) groups excluding carboxylic acids is 2. The number of fused-ring (bicyclic) bond motifs is 1. The molecule has 170 valence electrons. The first-order chi connectivity index (χ1) is 15.4. The zero-order valence-electron chi connectivity index (χ0n) is 17.6. The summed E-state index contributed by atoms with van der Waals surface area (Å²) in [6.45, 7) is 1.04. The number of esters is 1. The van der Waals surface area contributed by atoms with Crippen molar-refractivity contribution in [3.8, 4) is 17.2 Å². The highest BCUT2D eigenvalue weighted by atomic mass is 16.7. The third kappa shape index (κ3) is 5.33. The van der Waals surface area contributed by atoms with Gasteiger partial charge in [0.15, 0.2) is 24.1 Å². The maximum absolute atomic E-state index is 13.4. The summed E-state index contributed by atoms with van der Waals surface area (Å²) in [6.07, 6.45) is 0. The van der Waals surface area contributed by atoms with Gasteiger partial charge in [0.25, 0.3) is 0 Å². The third-order valence-corrected chi connectivity index (χ3v) is 4.88. The van der Waals surface area contributed by atoms with Crippen LogP contribution in [0.4, 0.5) is 0 Å². The molecule has 3 rings (SSSR count). The Labute approximate surface area is 184 Å². The highest BCUT2D eigenvalue weighted by molar-refractivity contribution is 6.09. The Morgan fingerprint density at radius 1 is 1.12 bits per heavy atom. The van der Waals surface area contributed by atoms with E-state index in [9.17, 15) is 19.7 Å². The highest BCUT2D eigenvalue weighted by Crippen LogP contribution is 2.38. The van der Waals surface area contributed by atoms with E-state index in [1.165, 1.54) is 19.2 Å². The van der Waals surface area contributed by atoms with Crippen molar-refractivity contribution in [3.05, 3.63) is 63.7 Å². The van der Waals surface area contributed by atoms with Crippen LogP contribution in [0.5, 0.6) is 17.2 Å². The number of nitro groups is 1. The molecule has 0 spiro atoms. The molecule has 0 aliphatic carbocycles. The molecule has 10 nitrogen and oxygen atoms in total. The van der Waals surface area contributed by atoms with Gasteiger partial charge in [-0.15, -0.1) is 0 Å². The van der Waals surface area contributed by atoms with Gasteiger partial charge in [0.1, 0.15) is 11.7 Å². The van der Waals surface area contributed by atoms with Crippen LogP contribution in [0.25, 0.3) is 0 Å². The summed E-state index contributed by atoms with van der Waals surface area (Å²) < 4.78 is 25.9. The normalized spacial score (nSPS) is 13.8. The monoisotopic (exact) mass is 445 g/mol. The molecule has 2 aromatic carbocycles. The Bertz CT molecular complexity index is 974. The molecule has 0 radical (unpaired) electrons. The van der Waals surface area contributed by atoms with Crippen LogP contribution >= 0.6 is 0 Å². The number of ether oxygens (including phenoxy) is 5. The van der Waals surface area contributed by atoms with E-state index < -0.39 is 35.1 Å². The van der Waals surface area contributed by atoms with Crippen LogP contribution in [0.15, 0.2) is 42.5 Å². The molecule has 0 saturated heterocycles. The van der Waals surface area contributed by atoms with E-state index in [1.807, 2.05) is 0 Å². The van der Waals surface area contributed by atoms with Gasteiger partial charge in [0.2, 0.25) is 13.3 Å². The molecule has 1 heterocycles.